The Kier molecular flexibility index (Phi) is 1.83. The molecule has 78 valence electrons. The van der Waals surface area contributed by atoms with Crippen LogP contribution in [0.4, 0.5) is 5.69 Å². The molecule has 3 aromatic rings. The summed E-state index contributed by atoms with van der Waals surface area (Å²) in [4.78, 5) is 8.03. The summed E-state index contributed by atoms with van der Waals surface area (Å²) in [5.74, 6) is 0.745. The Morgan fingerprint density at radius 3 is 2.94 bits per heavy atom. The van der Waals surface area contributed by atoms with Crippen molar-refractivity contribution in [2.45, 2.75) is 0 Å². The maximum absolute atomic E-state index is 5.71. The van der Waals surface area contributed by atoms with E-state index in [-0.39, 0.29) is 0 Å². The Balaban J connectivity index is 2.26. The highest BCUT2D eigenvalue weighted by molar-refractivity contribution is 5.83. The number of nitrogens with zero attached hydrogens (tertiary/aromatic N) is 4. The first-order valence-electron chi connectivity index (χ1n) is 4.84. The molecule has 0 amide bonds. The number of nitrogen functional groups attached to an aromatic ring is 1. The summed E-state index contributed by atoms with van der Waals surface area (Å²) < 4.78 is 1.76. The van der Waals surface area contributed by atoms with Gasteiger partial charge in [0.1, 0.15) is 6.33 Å². The first-order valence-corrected chi connectivity index (χ1v) is 4.84. The van der Waals surface area contributed by atoms with E-state index in [2.05, 4.69) is 15.1 Å². The number of hydrogen-bond acceptors (Lipinski definition) is 4. The predicted octanol–water partition coefficient (Wildman–Crippen LogP) is 1.40. The largest absolute Gasteiger partial charge is 0.399 e. The zero-order valence-electron chi connectivity index (χ0n) is 8.41. The van der Waals surface area contributed by atoms with Gasteiger partial charge in [-0.2, -0.15) is 5.10 Å². The van der Waals surface area contributed by atoms with Crippen LogP contribution in [-0.2, 0) is 0 Å². The summed E-state index contributed by atoms with van der Waals surface area (Å²) in [7, 11) is 0. The van der Waals surface area contributed by atoms with Crippen molar-refractivity contribution < 1.29 is 0 Å². The van der Waals surface area contributed by atoms with Crippen molar-refractivity contribution in [3.63, 3.8) is 0 Å². The Labute approximate surface area is 91.6 Å². The van der Waals surface area contributed by atoms with E-state index >= 15 is 0 Å². The number of benzene rings is 1. The van der Waals surface area contributed by atoms with Gasteiger partial charge in [-0.05, 0) is 18.2 Å². The maximum atomic E-state index is 5.71. The molecule has 5 heteroatoms. The number of rotatable bonds is 1. The summed E-state index contributed by atoms with van der Waals surface area (Å²) in [6.45, 7) is 0. The molecule has 0 aliphatic heterocycles. The Bertz CT molecular complexity index is 629. The fourth-order valence-corrected chi connectivity index (χ4v) is 1.64. The molecule has 0 unspecified atom stereocenters. The first-order chi connectivity index (χ1) is 7.84. The van der Waals surface area contributed by atoms with Crippen molar-refractivity contribution in [2.24, 2.45) is 0 Å². The Hall–Kier alpha value is -2.43. The molecular formula is C11H9N5. The molecule has 3 rings (SSSR count). The van der Waals surface area contributed by atoms with Gasteiger partial charge in [0.2, 0.25) is 0 Å². The zero-order chi connectivity index (χ0) is 11.0. The molecule has 16 heavy (non-hydrogen) atoms. The summed E-state index contributed by atoms with van der Waals surface area (Å²) >= 11 is 0. The molecule has 2 aromatic heterocycles. The van der Waals surface area contributed by atoms with E-state index in [0.29, 0.717) is 0 Å². The minimum Gasteiger partial charge on any atom is -0.399 e. The fraction of sp³-hybridized carbons (Fsp3) is 0. The third-order valence-electron chi connectivity index (χ3n) is 2.38. The van der Waals surface area contributed by atoms with Crippen LogP contribution in [0.15, 0.2) is 43.0 Å². The average molecular weight is 211 g/mol. The molecule has 0 radical (unpaired) electrons. The number of nitrogens with two attached hydrogens (primary N) is 1. The van der Waals surface area contributed by atoms with Crippen LogP contribution in [0.1, 0.15) is 0 Å². The first kappa shape index (κ1) is 8.84. The highest BCUT2D eigenvalue weighted by Crippen LogP contribution is 2.19. The van der Waals surface area contributed by atoms with E-state index in [1.54, 1.807) is 17.1 Å². The topological polar surface area (TPSA) is 69.6 Å². The third kappa shape index (κ3) is 1.30. The molecular weight excluding hydrogens is 202 g/mol. The summed E-state index contributed by atoms with van der Waals surface area (Å²) in [5, 5.41) is 5.28. The molecule has 0 atom stereocenters. The van der Waals surface area contributed by atoms with Crippen molar-refractivity contribution in [1.82, 2.24) is 19.7 Å². The molecule has 0 bridgehead atoms. The van der Waals surface area contributed by atoms with Gasteiger partial charge in [0.25, 0.3) is 0 Å². The number of hydrogen-bond donors (Lipinski definition) is 1. The number of anilines is 1. The van der Waals surface area contributed by atoms with Crippen LogP contribution in [-0.4, -0.2) is 19.7 Å². The van der Waals surface area contributed by atoms with Gasteiger partial charge >= 0.3 is 0 Å². The van der Waals surface area contributed by atoms with Crippen molar-refractivity contribution in [3.8, 4) is 5.82 Å². The van der Waals surface area contributed by atoms with E-state index in [1.165, 1.54) is 6.33 Å². The highest BCUT2D eigenvalue weighted by atomic mass is 15.3. The maximum Gasteiger partial charge on any atom is 0.157 e. The zero-order valence-corrected chi connectivity index (χ0v) is 8.41. The SMILES string of the molecule is Nc1ccc2c(cnn2-c2ccncn2)c1. The van der Waals surface area contributed by atoms with Gasteiger partial charge in [0, 0.05) is 23.3 Å². The summed E-state index contributed by atoms with van der Waals surface area (Å²) in [6, 6.07) is 7.48. The van der Waals surface area contributed by atoms with Gasteiger partial charge in [-0.1, -0.05) is 0 Å². The van der Waals surface area contributed by atoms with Crippen LogP contribution < -0.4 is 5.73 Å². The smallest absolute Gasteiger partial charge is 0.157 e. The molecule has 0 fully saturated rings. The second-order valence-corrected chi connectivity index (χ2v) is 3.44. The second-order valence-electron chi connectivity index (χ2n) is 3.44. The van der Waals surface area contributed by atoms with Crippen LogP contribution >= 0.6 is 0 Å². The minimum atomic E-state index is 0.731. The van der Waals surface area contributed by atoms with Crippen LogP contribution in [0.2, 0.25) is 0 Å². The monoisotopic (exact) mass is 211 g/mol. The van der Waals surface area contributed by atoms with Gasteiger partial charge < -0.3 is 5.73 Å². The fourth-order valence-electron chi connectivity index (χ4n) is 1.64. The lowest BCUT2D eigenvalue weighted by molar-refractivity contribution is 0.866. The molecule has 2 N–H and O–H groups in total. The normalized spacial score (nSPS) is 10.8. The summed E-state index contributed by atoms with van der Waals surface area (Å²) in [5.41, 5.74) is 7.42. The molecule has 2 heterocycles. The summed E-state index contributed by atoms with van der Waals surface area (Å²) in [6.07, 6.45) is 4.96. The van der Waals surface area contributed by atoms with Crippen LogP contribution in [0, 0.1) is 0 Å². The van der Waals surface area contributed by atoms with E-state index in [9.17, 15) is 0 Å². The van der Waals surface area contributed by atoms with E-state index in [0.717, 1.165) is 22.4 Å². The standard InChI is InChI=1S/C11H9N5/c12-9-1-2-10-8(5-9)6-15-16(10)11-3-4-13-7-14-11/h1-7H,12H2. The average Bonchev–Trinajstić information content (AvgIpc) is 2.73. The number of aromatic nitrogens is 4. The second kappa shape index (κ2) is 3.30. The van der Waals surface area contributed by atoms with E-state index in [4.69, 9.17) is 5.73 Å². The lowest BCUT2D eigenvalue weighted by Crippen LogP contribution is -1.98. The molecule has 0 saturated carbocycles. The van der Waals surface area contributed by atoms with Crippen molar-refractivity contribution in [3.05, 3.63) is 43.0 Å². The lowest BCUT2D eigenvalue weighted by atomic mass is 10.2. The molecule has 0 aliphatic carbocycles. The van der Waals surface area contributed by atoms with Crippen LogP contribution in [0.3, 0.4) is 0 Å². The molecule has 1 aromatic carbocycles. The Morgan fingerprint density at radius 1 is 1.19 bits per heavy atom. The molecule has 0 aliphatic rings. The van der Waals surface area contributed by atoms with E-state index in [1.807, 2.05) is 24.3 Å². The van der Waals surface area contributed by atoms with Crippen molar-refractivity contribution in [1.29, 1.82) is 0 Å². The van der Waals surface area contributed by atoms with E-state index < -0.39 is 0 Å². The van der Waals surface area contributed by atoms with Gasteiger partial charge in [-0.3, -0.25) is 0 Å². The van der Waals surface area contributed by atoms with Crippen LogP contribution in [0.5, 0.6) is 0 Å². The molecule has 5 nitrogen and oxygen atoms in total. The predicted molar refractivity (Wildman–Crippen MR) is 61.1 cm³/mol. The molecule has 0 spiro atoms. The molecule has 0 saturated heterocycles. The van der Waals surface area contributed by atoms with Gasteiger partial charge in [0.15, 0.2) is 5.82 Å². The van der Waals surface area contributed by atoms with Crippen molar-refractivity contribution in [2.75, 3.05) is 5.73 Å². The van der Waals surface area contributed by atoms with Gasteiger partial charge in [-0.15, -0.1) is 0 Å². The lowest BCUT2D eigenvalue weighted by Gasteiger charge is -2.01. The third-order valence-corrected chi connectivity index (χ3v) is 2.38. The Morgan fingerprint density at radius 2 is 2.12 bits per heavy atom. The highest BCUT2D eigenvalue weighted by Gasteiger charge is 2.05. The quantitative estimate of drug-likeness (QED) is 0.617. The van der Waals surface area contributed by atoms with Crippen molar-refractivity contribution >= 4 is 16.6 Å². The van der Waals surface area contributed by atoms with Gasteiger partial charge in [-0.25, -0.2) is 14.6 Å². The van der Waals surface area contributed by atoms with Gasteiger partial charge in [0.05, 0.1) is 11.7 Å². The van der Waals surface area contributed by atoms with Crippen LogP contribution in [0.25, 0.3) is 16.7 Å². The minimum absolute atomic E-state index is 0.731. The number of fused-ring (bicyclic) bond motifs is 1.